The van der Waals surface area contributed by atoms with E-state index < -0.39 is 10.0 Å². The van der Waals surface area contributed by atoms with Gasteiger partial charge in [-0.05, 0) is 38.3 Å². The molecule has 0 unspecified atom stereocenters. The van der Waals surface area contributed by atoms with Crippen LogP contribution in [0.25, 0.3) is 0 Å². The summed E-state index contributed by atoms with van der Waals surface area (Å²) in [4.78, 5) is 12.1. The topological polar surface area (TPSA) is 66.5 Å². The Labute approximate surface area is 133 Å². The molecule has 1 rings (SSSR count). The van der Waals surface area contributed by atoms with Gasteiger partial charge >= 0.3 is 0 Å². The van der Waals surface area contributed by atoms with Crippen LogP contribution in [0, 0.1) is 20.8 Å². The van der Waals surface area contributed by atoms with Gasteiger partial charge in [0, 0.05) is 13.6 Å². The Kier molecular flexibility index (Phi) is 6.56. The summed E-state index contributed by atoms with van der Waals surface area (Å²) in [5.74, 6) is -0.276. The van der Waals surface area contributed by atoms with Gasteiger partial charge in [0.25, 0.3) is 0 Å². The summed E-state index contributed by atoms with van der Waals surface area (Å²) in [5, 5.41) is 2.73. The Morgan fingerprint density at radius 3 is 2.23 bits per heavy atom. The first kappa shape index (κ1) is 18.6. The first-order valence-corrected chi connectivity index (χ1v) is 8.95. The number of rotatable bonds is 7. The number of aryl methyl sites for hydroxylation is 3. The van der Waals surface area contributed by atoms with Crippen LogP contribution >= 0.6 is 0 Å². The Morgan fingerprint density at radius 2 is 1.73 bits per heavy atom. The van der Waals surface area contributed by atoms with Gasteiger partial charge < -0.3 is 5.32 Å². The lowest BCUT2D eigenvalue weighted by molar-refractivity contribution is -0.121. The molecule has 0 aliphatic carbocycles. The number of carbonyl (C=O) groups is 1. The molecule has 124 valence electrons. The zero-order valence-corrected chi connectivity index (χ0v) is 14.9. The van der Waals surface area contributed by atoms with Crippen LogP contribution < -0.4 is 5.32 Å². The normalized spacial score (nSPS) is 11.7. The van der Waals surface area contributed by atoms with E-state index in [-0.39, 0.29) is 12.5 Å². The number of nitrogens with zero attached hydrogens (tertiary/aromatic N) is 1. The molecular weight excluding hydrogens is 300 g/mol. The van der Waals surface area contributed by atoms with Gasteiger partial charge in [0.05, 0.1) is 11.4 Å². The fourth-order valence-electron chi connectivity index (χ4n) is 2.48. The third-order valence-corrected chi connectivity index (χ3v) is 5.60. The third-order valence-electron chi connectivity index (χ3n) is 3.49. The molecule has 0 saturated heterocycles. The lowest BCUT2D eigenvalue weighted by Crippen LogP contribution is -2.39. The van der Waals surface area contributed by atoms with Crippen molar-refractivity contribution < 1.29 is 13.2 Å². The van der Waals surface area contributed by atoms with Crippen molar-refractivity contribution in [3.05, 3.63) is 28.8 Å². The summed E-state index contributed by atoms with van der Waals surface area (Å²) in [6.45, 7) is 7.93. The Morgan fingerprint density at radius 1 is 1.18 bits per heavy atom. The molecule has 1 N–H and O–H groups in total. The molecule has 1 amide bonds. The monoisotopic (exact) mass is 326 g/mol. The molecule has 0 saturated carbocycles. The van der Waals surface area contributed by atoms with E-state index in [1.165, 1.54) is 7.05 Å². The quantitative estimate of drug-likeness (QED) is 0.781. The van der Waals surface area contributed by atoms with Crippen LogP contribution in [0.2, 0.25) is 0 Å². The maximum absolute atomic E-state index is 12.7. The molecule has 22 heavy (non-hydrogen) atoms. The van der Waals surface area contributed by atoms with Gasteiger partial charge in [-0.3, -0.25) is 4.79 Å². The first-order chi connectivity index (χ1) is 10.2. The number of hydrogen-bond donors (Lipinski definition) is 1. The molecule has 0 aromatic heterocycles. The fraction of sp³-hybridized carbons (Fsp3) is 0.562. The molecule has 0 fully saturated rings. The summed E-state index contributed by atoms with van der Waals surface area (Å²) >= 11 is 0. The van der Waals surface area contributed by atoms with Crippen molar-refractivity contribution in [2.24, 2.45) is 0 Å². The summed E-state index contributed by atoms with van der Waals surface area (Å²) in [6.07, 6.45) is 1.87. The van der Waals surface area contributed by atoms with Crippen LogP contribution in [0.4, 0.5) is 0 Å². The second kappa shape index (κ2) is 7.74. The van der Waals surface area contributed by atoms with Crippen molar-refractivity contribution in [1.82, 2.24) is 9.62 Å². The molecule has 0 atom stereocenters. The SMILES string of the molecule is CCCCNC(=O)CN(C)S(=O)(=O)c1c(C)cc(C)cc1C. The largest absolute Gasteiger partial charge is 0.355 e. The van der Waals surface area contributed by atoms with Gasteiger partial charge in [-0.2, -0.15) is 4.31 Å². The standard InChI is InChI=1S/C16H26N2O3S/c1-6-7-8-17-15(19)11-18(5)22(20,21)16-13(3)9-12(2)10-14(16)4/h9-10H,6-8,11H2,1-5H3,(H,17,19). The van der Waals surface area contributed by atoms with E-state index in [1.54, 1.807) is 13.8 Å². The van der Waals surface area contributed by atoms with Crippen molar-refractivity contribution in [1.29, 1.82) is 0 Å². The van der Waals surface area contributed by atoms with Crippen LogP contribution in [0.5, 0.6) is 0 Å². The number of sulfonamides is 1. The molecule has 0 aliphatic rings. The van der Waals surface area contributed by atoms with Crippen molar-refractivity contribution in [2.45, 2.75) is 45.4 Å². The second-order valence-corrected chi connectivity index (χ2v) is 7.67. The first-order valence-electron chi connectivity index (χ1n) is 7.51. The third kappa shape index (κ3) is 4.55. The zero-order valence-electron chi connectivity index (χ0n) is 14.1. The molecule has 0 spiro atoms. The number of carbonyl (C=O) groups excluding carboxylic acids is 1. The highest BCUT2D eigenvalue weighted by Gasteiger charge is 2.26. The second-order valence-electron chi connectivity index (χ2n) is 5.69. The lowest BCUT2D eigenvalue weighted by atomic mass is 10.1. The summed E-state index contributed by atoms with van der Waals surface area (Å²) in [7, 11) is -2.23. The minimum atomic E-state index is -3.67. The predicted molar refractivity (Wildman–Crippen MR) is 88.4 cm³/mol. The van der Waals surface area contributed by atoms with Crippen molar-refractivity contribution in [2.75, 3.05) is 20.1 Å². The molecular formula is C16H26N2O3S. The lowest BCUT2D eigenvalue weighted by Gasteiger charge is -2.20. The van der Waals surface area contributed by atoms with Crippen molar-refractivity contribution >= 4 is 15.9 Å². The number of likely N-dealkylation sites (N-methyl/N-ethyl adjacent to an activating group) is 1. The molecule has 1 aromatic carbocycles. The Bertz CT molecular complexity index is 616. The van der Waals surface area contributed by atoms with Gasteiger partial charge in [-0.15, -0.1) is 0 Å². The van der Waals surface area contributed by atoms with E-state index in [1.807, 2.05) is 26.0 Å². The van der Waals surface area contributed by atoms with E-state index in [0.29, 0.717) is 22.6 Å². The van der Waals surface area contributed by atoms with E-state index in [9.17, 15) is 13.2 Å². The molecule has 0 aliphatic heterocycles. The molecule has 5 nitrogen and oxygen atoms in total. The number of hydrogen-bond acceptors (Lipinski definition) is 3. The van der Waals surface area contributed by atoms with Gasteiger partial charge in [0.1, 0.15) is 0 Å². The van der Waals surface area contributed by atoms with E-state index >= 15 is 0 Å². The average Bonchev–Trinajstić information content (AvgIpc) is 2.37. The summed E-state index contributed by atoms with van der Waals surface area (Å²) in [5.41, 5.74) is 2.43. The Balaban J connectivity index is 2.93. The van der Waals surface area contributed by atoms with E-state index in [0.717, 1.165) is 22.7 Å². The summed E-state index contributed by atoms with van der Waals surface area (Å²) in [6, 6.07) is 3.68. The van der Waals surface area contributed by atoms with Crippen LogP contribution in [0.1, 0.15) is 36.5 Å². The Hall–Kier alpha value is -1.40. The van der Waals surface area contributed by atoms with Crippen LogP contribution in [0.3, 0.4) is 0 Å². The maximum atomic E-state index is 12.7. The highest BCUT2D eigenvalue weighted by molar-refractivity contribution is 7.89. The minimum Gasteiger partial charge on any atom is -0.355 e. The molecule has 6 heteroatoms. The van der Waals surface area contributed by atoms with Gasteiger partial charge in [0.2, 0.25) is 15.9 Å². The van der Waals surface area contributed by atoms with Gasteiger partial charge in [-0.1, -0.05) is 31.0 Å². The minimum absolute atomic E-state index is 0.168. The van der Waals surface area contributed by atoms with E-state index in [4.69, 9.17) is 0 Å². The van der Waals surface area contributed by atoms with Gasteiger partial charge in [0.15, 0.2) is 0 Å². The van der Waals surface area contributed by atoms with Crippen molar-refractivity contribution in [3.8, 4) is 0 Å². The van der Waals surface area contributed by atoms with Crippen LogP contribution in [-0.2, 0) is 14.8 Å². The summed E-state index contributed by atoms with van der Waals surface area (Å²) < 4.78 is 26.5. The number of benzene rings is 1. The fourth-order valence-corrected chi connectivity index (χ4v) is 4.01. The molecule has 1 aromatic rings. The molecule has 0 radical (unpaired) electrons. The number of amides is 1. The molecule has 0 bridgehead atoms. The highest BCUT2D eigenvalue weighted by atomic mass is 32.2. The smallest absolute Gasteiger partial charge is 0.243 e. The van der Waals surface area contributed by atoms with Crippen LogP contribution in [0.15, 0.2) is 17.0 Å². The average molecular weight is 326 g/mol. The predicted octanol–water partition coefficient (Wildman–Crippen LogP) is 2.15. The van der Waals surface area contributed by atoms with Crippen LogP contribution in [-0.4, -0.2) is 38.8 Å². The zero-order chi connectivity index (χ0) is 16.9. The van der Waals surface area contributed by atoms with Gasteiger partial charge in [-0.25, -0.2) is 8.42 Å². The molecule has 0 heterocycles. The van der Waals surface area contributed by atoms with E-state index in [2.05, 4.69) is 5.32 Å². The highest BCUT2D eigenvalue weighted by Crippen LogP contribution is 2.24. The van der Waals surface area contributed by atoms with Crippen molar-refractivity contribution in [3.63, 3.8) is 0 Å². The number of unbranched alkanes of at least 4 members (excludes halogenated alkanes) is 1. The maximum Gasteiger partial charge on any atom is 0.243 e. The number of nitrogens with one attached hydrogen (secondary N) is 1.